The van der Waals surface area contributed by atoms with Crippen LogP contribution in [0, 0.1) is 0 Å². The number of fused-ring (bicyclic) bond motifs is 1. The number of carbonyl (C=O) groups is 1. The van der Waals surface area contributed by atoms with Crippen LogP contribution in [0.5, 0.6) is 23.0 Å². The zero-order valence-corrected chi connectivity index (χ0v) is 10.7. The van der Waals surface area contributed by atoms with Crippen molar-refractivity contribution in [1.82, 2.24) is 0 Å². The molecule has 21 heavy (non-hydrogen) atoms. The van der Waals surface area contributed by atoms with E-state index in [4.69, 9.17) is 4.74 Å². The first-order valence-corrected chi connectivity index (χ1v) is 6.22. The van der Waals surface area contributed by atoms with Crippen molar-refractivity contribution < 1.29 is 30.0 Å². The molecule has 2 unspecified atom stereocenters. The van der Waals surface area contributed by atoms with E-state index in [0.29, 0.717) is 11.1 Å². The second-order valence-electron chi connectivity index (χ2n) is 4.80. The highest BCUT2D eigenvalue weighted by atomic mass is 16.5. The summed E-state index contributed by atoms with van der Waals surface area (Å²) in [6, 6.07) is 8.51. The summed E-state index contributed by atoms with van der Waals surface area (Å²) in [7, 11) is 0. The molecule has 6 heteroatoms. The number of aromatic hydroxyl groups is 3. The van der Waals surface area contributed by atoms with Gasteiger partial charge in [0.2, 0.25) is 0 Å². The van der Waals surface area contributed by atoms with Gasteiger partial charge >= 0.3 is 5.97 Å². The van der Waals surface area contributed by atoms with Gasteiger partial charge in [-0.15, -0.1) is 0 Å². The Morgan fingerprint density at radius 1 is 1.00 bits per heavy atom. The summed E-state index contributed by atoms with van der Waals surface area (Å²) in [5, 5.41) is 38.1. The molecular formula is C15H12O6. The highest BCUT2D eigenvalue weighted by Crippen LogP contribution is 2.50. The molecule has 0 radical (unpaired) electrons. The van der Waals surface area contributed by atoms with Crippen molar-refractivity contribution in [2.75, 3.05) is 0 Å². The first-order valence-electron chi connectivity index (χ1n) is 6.22. The molecule has 6 nitrogen and oxygen atoms in total. The van der Waals surface area contributed by atoms with Crippen molar-refractivity contribution in [3.8, 4) is 23.0 Å². The maximum atomic E-state index is 11.5. The smallest absolute Gasteiger partial charge is 0.315 e. The lowest BCUT2D eigenvalue weighted by Gasteiger charge is -2.16. The molecule has 3 rings (SSSR count). The molecule has 0 aromatic heterocycles. The van der Waals surface area contributed by atoms with Crippen molar-refractivity contribution in [2.24, 2.45) is 0 Å². The minimum Gasteiger partial charge on any atom is -0.504 e. The molecule has 2 aromatic rings. The molecule has 1 aliphatic heterocycles. The van der Waals surface area contributed by atoms with Gasteiger partial charge in [0.1, 0.15) is 12.0 Å². The molecule has 0 saturated carbocycles. The second kappa shape index (κ2) is 4.59. The fraction of sp³-hybridized carbons (Fsp3) is 0.133. The molecular weight excluding hydrogens is 276 g/mol. The standard InChI is InChI=1S/C15H12O6/c16-9-5-4-7(6-11(9)18)13-12(15(19)20)8-2-1-3-10(17)14(8)21-13/h1-6,12-13,16-18H,(H,19,20). The van der Waals surface area contributed by atoms with E-state index in [9.17, 15) is 25.2 Å². The quantitative estimate of drug-likeness (QED) is 0.630. The fourth-order valence-electron chi connectivity index (χ4n) is 2.51. The lowest BCUT2D eigenvalue weighted by molar-refractivity contribution is -0.140. The van der Waals surface area contributed by atoms with E-state index < -0.39 is 18.0 Å². The Balaban J connectivity index is 2.10. The van der Waals surface area contributed by atoms with E-state index in [1.807, 2.05) is 0 Å². The van der Waals surface area contributed by atoms with E-state index in [1.165, 1.54) is 24.3 Å². The van der Waals surface area contributed by atoms with Gasteiger partial charge in [0.05, 0.1) is 0 Å². The number of hydrogen-bond donors (Lipinski definition) is 4. The predicted molar refractivity (Wildman–Crippen MR) is 71.6 cm³/mol. The van der Waals surface area contributed by atoms with Crippen LogP contribution < -0.4 is 4.74 Å². The third-order valence-corrected chi connectivity index (χ3v) is 3.50. The summed E-state index contributed by atoms with van der Waals surface area (Å²) in [6.07, 6.45) is -0.891. The van der Waals surface area contributed by atoms with Gasteiger partial charge < -0.3 is 25.2 Å². The van der Waals surface area contributed by atoms with Crippen molar-refractivity contribution in [2.45, 2.75) is 12.0 Å². The molecule has 0 amide bonds. The van der Waals surface area contributed by atoms with Gasteiger partial charge in [-0.1, -0.05) is 18.2 Å². The summed E-state index contributed by atoms with van der Waals surface area (Å²) >= 11 is 0. The van der Waals surface area contributed by atoms with E-state index in [2.05, 4.69) is 0 Å². The van der Waals surface area contributed by atoms with E-state index >= 15 is 0 Å². The average Bonchev–Trinajstić information content (AvgIpc) is 2.83. The minimum atomic E-state index is -1.10. The van der Waals surface area contributed by atoms with Crippen molar-refractivity contribution in [1.29, 1.82) is 0 Å². The normalized spacial score (nSPS) is 19.8. The Morgan fingerprint density at radius 2 is 1.76 bits per heavy atom. The summed E-state index contributed by atoms with van der Waals surface area (Å²) in [5.74, 6) is -2.77. The number of para-hydroxylation sites is 1. The molecule has 1 aliphatic rings. The third kappa shape index (κ3) is 2.01. The summed E-state index contributed by atoms with van der Waals surface area (Å²) < 4.78 is 5.57. The lowest BCUT2D eigenvalue weighted by Crippen LogP contribution is -2.18. The molecule has 2 aromatic carbocycles. The highest BCUT2D eigenvalue weighted by molar-refractivity contribution is 5.80. The first kappa shape index (κ1) is 13.1. The lowest BCUT2D eigenvalue weighted by atomic mass is 9.91. The van der Waals surface area contributed by atoms with Gasteiger partial charge in [-0.2, -0.15) is 0 Å². The van der Waals surface area contributed by atoms with Crippen LogP contribution in [0.3, 0.4) is 0 Å². The van der Waals surface area contributed by atoms with Crippen LogP contribution in [-0.4, -0.2) is 26.4 Å². The van der Waals surface area contributed by atoms with Crippen LogP contribution in [-0.2, 0) is 4.79 Å². The van der Waals surface area contributed by atoms with Gasteiger partial charge in [-0.25, -0.2) is 0 Å². The fourth-order valence-corrected chi connectivity index (χ4v) is 2.51. The zero-order chi connectivity index (χ0) is 15.1. The number of carboxylic acids is 1. The van der Waals surface area contributed by atoms with Crippen LogP contribution in [0.25, 0.3) is 0 Å². The van der Waals surface area contributed by atoms with Gasteiger partial charge in [-0.05, 0) is 23.8 Å². The zero-order valence-electron chi connectivity index (χ0n) is 10.7. The summed E-state index contributed by atoms with van der Waals surface area (Å²) in [4.78, 5) is 11.5. The molecule has 0 fully saturated rings. The Hall–Kier alpha value is -2.89. The van der Waals surface area contributed by atoms with Gasteiger partial charge in [0.25, 0.3) is 0 Å². The van der Waals surface area contributed by atoms with E-state index in [0.717, 1.165) is 0 Å². The van der Waals surface area contributed by atoms with E-state index in [1.54, 1.807) is 12.1 Å². The van der Waals surface area contributed by atoms with Crippen molar-refractivity contribution >= 4 is 5.97 Å². The maximum Gasteiger partial charge on any atom is 0.315 e. The number of phenolic OH excluding ortho intramolecular Hbond substituents is 3. The van der Waals surface area contributed by atoms with Crippen molar-refractivity contribution in [3.63, 3.8) is 0 Å². The van der Waals surface area contributed by atoms with Crippen molar-refractivity contribution in [3.05, 3.63) is 47.5 Å². The summed E-state index contributed by atoms with van der Waals surface area (Å²) in [6.45, 7) is 0. The van der Waals surface area contributed by atoms with E-state index in [-0.39, 0.29) is 23.0 Å². The SMILES string of the molecule is O=C(O)C1c2cccc(O)c2OC1c1ccc(O)c(O)c1. The monoisotopic (exact) mass is 288 g/mol. The summed E-state index contributed by atoms with van der Waals surface area (Å²) in [5.41, 5.74) is 0.772. The average molecular weight is 288 g/mol. The topological polar surface area (TPSA) is 107 Å². The van der Waals surface area contributed by atoms with Gasteiger partial charge in [-0.3, -0.25) is 4.79 Å². The molecule has 0 spiro atoms. The van der Waals surface area contributed by atoms with Gasteiger partial charge in [0.15, 0.2) is 23.0 Å². The Labute approximate surface area is 119 Å². The minimum absolute atomic E-state index is 0.127. The Morgan fingerprint density at radius 3 is 2.43 bits per heavy atom. The number of carboxylic acid groups (broad SMARTS) is 1. The van der Waals surface area contributed by atoms with Crippen LogP contribution in [0.1, 0.15) is 23.1 Å². The Bertz CT molecular complexity index is 724. The largest absolute Gasteiger partial charge is 0.504 e. The molecule has 4 N–H and O–H groups in total. The molecule has 0 saturated heterocycles. The first-order chi connectivity index (χ1) is 9.99. The number of ether oxygens (including phenoxy) is 1. The van der Waals surface area contributed by atoms with Crippen LogP contribution >= 0.6 is 0 Å². The molecule has 0 aliphatic carbocycles. The molecule has 2 atom stereocenters. The Kier molecular flexibility index (Phi) is 2.86. The number of aliphatic carboxylic acids is 1. The molecule has 0 bridgehead atoms. The molecule has 1 heterocycles. The maximum absolute atomic E-state index is 11.5. The predicted octanol–water partition coefficient (Wildman–Crippen LogP) is 2.11. The second-order valence-corrected chi connectivity index (χ2v) is 4.80. The van der Waals surface area contributed by atoms with Gasteiger partial charge in [0, 0.05) is 5.56 Å². The number of hydrogen-bond acceptors (Lipinski definition) is 5. The number of benzene rings is 2. The highest BCUT2D eigenvalue weighted by Gasteiger charge is 2.42. The number of rotatable bonds is 2. The third-order valence-electron chi connectivity index (χ3n) is 3.50. The number of phenols is 3. The van der Waals surface area contributed by atoms with Crippen LogP contribution in [0.4, 0.5) is 0 Å². The van der Waals surface area contributed by atoms with Crippen LogP contribution in [0.15, 0.2) is 36.4 Å². The van der Waals surface area contributed by atoms with Crippen LogP contribution in [0.2, 0.25) is 0 Å². The molecule has 108 valence electrons.